The summed E-state index contributed by atoms with van der Waals surface area (Å²) in [4.78, 5) is 23.8. The quantitative estimate of drug-likeness (QED) is 0.580. The molecule has 0 atom stereocenters. The van der Waals surface area contributed by atoms with E-state index in [0.717, 1.165) is 5.56 Å². The number of aromatic hydroxyl groups is 1. The van der Waals surface area contributed by atoms with Crippen LogP contribution in [0.15, 0.2) is 54.6 Å². The summed E-state index contributed by atoms with van der Waals surface area (Å²) in [6.07, 6.45) is 5.72. The summed E-state index contributed by atoms with van der Waals surface area (Å²) in [7, 11) is 3.02. The fourth-order valence-corrected chi connectivity index (χ4v) is 2.21. The first-order valence-corrected chi connectivity index (χ1v) is 7.94. The van der Waals surface area contributed by atoms with Crippen LogP contribution in [-0.2, 0) is 9.59 Å². The van der Waals surface area contributed by atoms with Crippen molar-refractivity contribution in [1.82, 2.24) is 0 Å². The summed E-state index contributed by atoms with van der Waals surface area (Å²) in [5.41, 5.74) is 1.50. The number of allylic oxidation sites excluding steroid dienone is 2. The van der Waals surface area contributed by atoms with Gasteiger partial charge in [-0.3, -0.25) is 9.59 Å². The van der Waals surface area contributed by atoms with Gasteiger partial charge < -0.3 is 14.6 Å². The maximum atomic E-state index is 11.9. The van der Waals surface area contributed by atoms with E-state index < -0.39 is 0 Å². The van der Waals surface area contributed by atoms with Gasteiger partial charge in [-0.25, -0.2) is 0 Å². The van der Waals surface area contributed by atoms with Gasteiger partial charge in [0.1, 0.15) is 5.75 Å². The third-order valence-electron chi connectivity index (χ3n) is 3.57. The molecule has 0 saturated heterocycles. The Bertz CT molecular complexity index is 849. The molecule has 5 nitrogen and oxygen atoms in total. The second-order valence-electron chi connectivity index (χ2n) is 5.48. The van der Waals surface area contributed by atoms with Crippen molar-refractivity contribution in [2.75, 3.05) is 14.2 Å². The molecule has 0 radical (unpaired) electrons. The average Bonchev–Trinajstić information content (AvgIpc) is 2.66. The first kappa shape index (κ1) is 19.0. The lowest BCUT2D eigenvalue weighted by Gasteiger charge is -2.03. The molecule has 0 aromatic heterocycles. The Kier molecular flexibility index (Phi) is 6.74. The lowest BCUT2D eigenvalue weighted by molar-refractivity contribution is -0.121. The lowest BCUT2D eigenvalue weighted by Crippen LogP contribution is -2.01. The van der Waals surface area contributed by atoms with E-state index in [1.54, 1.807) is 37.5 Å². The molecule has 0 aliphatic rings. The van der Waals surface area contributed by atoms with Crippen LogP contribution in [0.25, 0.3) is 12.2 Å². The Labute approximate surface area is 152 Å². The molecule has 0 spiro atoms. The Morgan fingerprint density at radius 1 is 0.923 bits per heavy atom. The normalized spacial score (nSPS) is 11.0. The summed E-state index contributed by atoms with van der Waals surface area (Å²) in [5.74, 6) is 0.441. The maximum absolute atomic E-state index is 11.9. The molecule has 0 fully saturated rings. The molecule has 0 unspecified atom stereocenters. The second-order valence-corrected chi connectivity index (χ2v) is 5.48. The van der Waals surface area contributed by atoms with Crippen molar-refractivity contribution < 1.29 is 24.2 Å². The number of benzene rings is 2. The van der Waals surface area contributed by atoms with Gasteiger partial charge in [0.2, 0.25) is 0 Å². The first-order valence-electron chi connectivity index (χ1n) is 7.94. The van der Waals surface area contributed by atoms with E-state index in [2.05, 4.69) is 0 Å². The molecule has 0 heterocycles. The van der Waals surface area contributed by atoms with E-state index in [0.29, 0.717) is 17.1 Å². The summed E-state index contributed by atoms with van der Waals surface area (Å²) in [6, 6.07) is 12.0. The van der Waals surface area contributed by atoms with Gasteiger partial charge >= 0.3 is 0 Å². The molecule has 2 rings (SSSR count). The predicted octanol–water partition coefficient (Wildman–Crippen LogP) is 3.66. The van der Waals surface area contributed by atoms with Crippen molar-refractivity contribution >= 4 is 23.7 Å². The van der Waals surface area contributed by atoms with Gasteiger partial charge in [-0.15, -0.1) is 0 Å². The number of ether oxygens (including phenoxy) is 2. The molecule has 2 aromatic rings. The number of rotatable bonds is 8. The van der Waals surface area contributed by atoms with Gasteiger partial charge in [0.15, 0.2) is 23.1 Å². The zero-order valence-corrected chi connectivity index (χ0v) is 14.6. The minimum absolute atomic E-state index is 0.0221. The minimum Gasteiger partial charge on any atom is -0.504 e. The van der Waals surface area contributed by atoms with E-state index >= 15 is 0 Å². The molecule has 134 valence electrons. The molecule has 5 heteroatoms. The van der Waals surface area contributed by atoms with Crippen molar-refractivity contribution in [2.45, 2.75) is 6.42 Å². The highest BCUT2D eigenvalue weighted by Crippen LogP contribution is 2.26. The number of carbonyl (C=O) groups excluding carboxylic acids is 2. The van der Waals surface area contributed by atoms with Gasteiger partial charge in [-0.05, 0) is 47.5 Å². The van der Waals surface area contributed by atoms with Crippen molar-refractivity contribution in [3.63, 3.8) is 0 Å². The van der Waals surface area contributed by atoms with Crippen LogP contribution in [0.5, 0.6) is 17.2 Å². The Balaban J connectivity index is 1.94. The van der Waals surface area contributed by atoms with Crippen molar-refractivity contribution in [1.29, 1.82) is 0 Å². The molecule has 2 aromatic carbocycles. The molecule has 1 N–H and O–H groups in total. The van der Waals surface area contributed by atoms with Gasteiger partial charge in [0.05, 0.1) is 20.6 Å². The Hall–Kier alpha value is -3.34. The number of phenols is 1. The van der Waals surface area contributed by atoms with Crippen molar-refractivity contribution in [3.8, 4) is 17.2 Å². The monoisotopic (exact) mass is 352 g/mol. The number of ketones is 2. The van der Waals surface area contributed by atoms with E-state index in [9.17, 15) is 14.7 Å². The van der Waals surface area contributed by atoms with Crippen molar-refractivity contribution in [3.05, 3.63) is 65.7 Å². The van der Waals surface area contributed by atoms with Gasteiger partial charge in [0.25, 0.3) is 0 Å². The topological polar surface area (TPSA) is 72.8 Å². The maximum Gasteiger partial charge on any atom is 0.163 e. The Morgan fingerprint density at radius 3 is 2.19 bits per heavy atom. The molecule has 0 saturated carbocycles. The fourth-order valence-electron chi connectivity index (χ4n) is 2.21. The largest absolute Gasteiger partial charge is 0.504 e. The average molecular weight is 352 g/mol. The molecule has 0 amide bonds. The molecule has 26 heavy (non-hydrogen) atoms. The highest BCUT2D eigenvalue weighted by molar-refractivity contribution is 6.10. The number of hydrogen-bond acceptors (Lipinski definition) is 5. The van der Waals surface area contributed by atoms with E-state index in [1.165, 1.54) is 25.3 Å². The van der Waals surface area contributed by atoms with E-state index in [-0.39, 0.29) is 23.7 Å². The van der Waals surface area contributed by atoms with Crippen LogP contribution in [0.2, 0.25) is 0 Å². The van der Waals surface area contributed by atoms with Gasteiger partial charge in [-0.2, -0.15) is 0 Å². The Morgan fingerprint density at radius 2 is 1.58 bits per heavy atom. The minimum atomic E-state index is -0.308. The fraction of sp³-hybridized carbons (Fsp3) is 0.143. The SMILES string of the molecule is COc1cccc(C=CC(=O)CC(=O)C=Cc2ccc(O)c(OC)c2)c1. The summed E-state index contributed by atoms with van der Waals surface area (Å²) >= 11 is 0. The van der Waals surface area contributed by atoms with E-state index in [4.69, 9.17) is 9.47 Å². The zero-order valence-electron chi connectivity index (χ0n) is 14.6. The van der Waals surface area contributed by atoms with Crippen LogP contribution >= 0.6 is 0 Å². The summed E-state index contributed by atoms with van der Waals surface area (Å²) in [6.45, 7) is 0. The van der Waals surface area contributed by atoms with Gasteiger partial charge in [-0.1, -0.05) is 30.4 Å². The third kappa shape index (κ3) is 5.63. The number of phenolic OH excluding ortho intramolecular Hbond substituents is 1. The first-order chi connectivity index (χ1) is 12.5. The predicted molar refractivity (Wildman–Crippen MR) is 100 cm³/mol. The number of hydrogen-bond donors (Lipinski definition) is 1. The molecule has 0 bridgehead atoms. The van der Waals surface area contributed by atoms with Crippen LogP contribution in [0, 0.1) is 0 Å². The highest BCUT2D eigenvalue weighted by atomic mass is 16.5. The summed E-state index contributed by atoms with van der Waals surface area (Å²) in [5, 5.41) is 9.54. The van der Waals surface area contributed by atoms with Gasteiger partial charge in [0, 0.05) is 0 Å². The zero-order chi connectivity index (χ0) is 18.9. The lowest BCUT2D eigenvalue weighted by atomic mass is 10.1. The molecular formula is C21H20O5. The highest BCUT2D eigenvalue weighted by Gasteiger charge is 2.05. The van der Waals surface area contributed by atoms with Crippen LogP contribution < -0.4 is 9.47 Å². The van der Waals surface area contributed by atoms with Crippen molar-refractivity contribution in [2.24, 2.45) is 0 Å². The van der Waals surface area contributed by atoms with Crippen LogP contribution in [0.4, 0.5) is 0 Å². The molecule has 0 aliphatic heterocycles. The number of carbonyl (C=O) groups is 2. The summed E-state index contributed by atoms with van der Waals surface area (Å²) < 4.78 is 10.1. The van der Waals surface area contributed by atoms with Crippen LogP contribution in [0.1, 0.15) is 17.5 Å². The second kappa shape index (κ2) is 9.22. The third-order valence-corrected chi connectivity index (χ3v) is 3.57. The molecular weight excluding hydrogens is 332 g/mol. The molecule has 0 aliphatic carbocycles. The van der Waals surface area contributed by atoms with E-state index in [1.807, 2.05) is 18.2 Å². The number of methoxy groups -OCH3 is 2. The van der Waals surface area contributed by atoms with Crippen LogP contribution in [0.3, 0.4) is 0 Å². The standard InChI is InChI=1S/C21H20O5/c1-25-19-5-3-4-15(12-19)6-9-17(22)14-18(23)10-7-16-8-11-20(24)21(13-16)26-2/h3-13,24H,14H2,1-2H3. The van der Waals surface area contributed by atoms with Crippen LogP contribution in [-0.4, -0.2) is 30.9 Å². The smallest absolute Gasteiger partial charge is 0.163 e.